The van der Waals surface area contributed by atoms with Crippen molar-refractivity contribution in [1.29, 1.82) is 0 Å². The molecule has 0 saturated carbocycles. The number of piperazine rings is 1. The Morgan fingerprint density at radius 3 is 2.41 bits per heavy atom. The van der Waals surface area contributed by atoms with Gasteiger partial charge in [-0.15, -0.1) is 0 Å². The van der Waals surface area contributed by atoms with E-state index in [1.54, 1.807) is 24.0 Å². The van der Waals surface area contributed by atoms with Gasteiger partial charge in [-0.05, 0) is 25.1 Å². The molecule has 1 aliphatic rings. The molecule has 1 aliphatic heterocycles. The molecular weight excluding hydrogens is 374 g/mol. The average molecular weight is 397 g/mol. The van der Waals surface area contributed by atoms with E-state index < -0.39 is 11.0 Å². The third-order valence-corrected chi connectivity index (χ3v) is 4.82. The van der Waals surface area contributed by atoms with Crippen LogP contribution in [0.4, 0.5) is 21.9 Å². The first-order valence-corrected chi connectivity index (χ1v) is 9.31. The summed E-state index contributed by atoms with van der Waals surface area (Å²) in [6.45, 7) is 4.12. The summed E-state index contributed by atoms with van der Waals surface area (Å²) < 4.78 is 0. The smallest absolute Gasteiger partial charge is 0.319 e. The van der Waals surface area contributed by atoms with Crippen LogP contribution in [0.5, 0.6) is 0 Å². The molecule has 0 spiro atoms. The number of nitrogens with one attached hydrogen (secondary N) is 2. The lowest BCUT2D eigenvalue weighted by atomic mass is 10.2. The lowest BCUT2D eigenvalue weighted by molar-refractivity contribution is -0.385. The fourth-order valence-corrected chi connectivity index (χ4v) is 3.18. The molecule has 3 rings (SSSR count). The van der Waals surface area contributed by atoms with Crippen molar-refractivity contribution in [1.82, 2.24) is 10.2 Å². The van der Waals surface area contributed by atoms with Crippen LogP contribution >= 0.6 is 0 Å². The van der Waals surface area contributed by atoms with E-state index in [1.807, 2.05) is 30.3 Å². The van der Waals surface area contributed by atoms with E-state index in [9.17, 15) is 19.7 Å². The molecular formula is C20H23N5O4. The first-order valence-electron chi connectivity index (χ1n) is 9.31. The fraction of sp³-hybridized carbons (Fsp3) is 0.300. The first kappa shape index (κ1) is 20.1. The van der Waals surface area contributed by atoms with Crippen molar-refractivity contribution >= 4 is 29.0 Å². The summed E-state index contributed by atoms with van der Waals surface area (Å²) >= 11 is 0. The molecule has 0 atom stereocenters. The maximum Gasteiger partial charge on any atom is 0.319 e. The summed E-state index contributed by atoms with van der Waals surface area (Å²) in [6.07, 6.45) is 0. The van der Waals surface area contributed by atoms with Crippen molar-refractivity contribution in [3.8, 4) is 0 Å². The minimum atomic E-state index is -0.584. The fourth-order valence-electron chi connectivity index (χ4n) is 3.18. The van der Waals surface area contributed by atoms with Gasteiger partial charge in [0.1, 0.15) is 0 Å². The molecule has 3 amide bonds. The third kappa shape index (κ3) is 5.22. The average Bonchev–Trinajstić information content (AvgIpc) is 2.74. The lowest BCUT2D eigenvalue weighted by Crippen LogP contribution is -2.51. The number of amides is 3. The summed E-state index contributed by atoms with van der Waals surface area (Å²) in [4.78, 5) is 38.8. The van der Waals surface area contributed by atoms with Crippen molar-refractivity contribution in [2.75, 3.05) is 42.9 Å². The molecule has 0 unspecified atom stereocenters. The van der Waals surface area contributed by atoms with Crippen molar-refractivity contribution in [3.63, 3.8) is 0 Å². The largest absolute Gasteiger partial charge is 0.368 e. The van der Waals surface area contributed by atoms with E-state index in [2.05, 4.69) is 15.5 Å². The van der Waals surface area contributed by atoms with Crippen LogP contribution in [0.3, 0.4) is 0 Å². The molecule has 0 aliphatic carbocycles. The molecule has 152 valence electrons. The molecule has 9 nitrogen and oxygen atoms in total. The minimum Gasteiger partial charge on any atom is -0.368 e. The summed E-state index contributed by atoms with van der Waals surface area (Å²) in [5.74, 6) is -0.164. The van der Waals surface area contributed by atoms with Gasteiger partial charge in [0.05, 0.1) is 11.5 Å². The van der Waals surface area contributed by atoms with Gasteiger partial charge in [0.25, 0.3) is 5.69 Å². The van der Waals surface area contributed by atoms with E-state index in [4.69, 9.17) is 0 Å². The van der Waals surface area contributed by atoms with Crippen LogP contribution in [0.25, 0.3) is 0 Å². The zero-order valence-corrected chi connectivity index (χ0v) is 16.1. The SMILES string of the molecule is Cc1ccc(NC(=O)NCC(=O)N2CCN(c3ccccc3)CC2)cc1[N+](=O)[O-]. The molecule has 0 bridgehead atoms. The van der Waals surface area contributed by atoms with Crippen molar-refractivity contribution in [2.45, 2.75) is 6.92 Å². The number of nitrogens with zero attached hydrogens (tertiary/aromatic N) is 3. The molecule has 2 aromatic carbocycles. The first-order chi connectivity index (χ1) is 13.9. The summed E-state index contributed by atoms with van der Waals surface area (Å²) in [7, 11) is 0. The zero-order chi connectivity index (χ0) is 20.8. The van der Waals surface area contributed by atoms with Crippen LogP contribution < -0.4 is 15.5 Å². The number of carbonyl (C=O) groups is 2. The number of para-hydroxylation sites is 1. The van der Waals surface area contributed by atoms with Gasteiger partial charge in [-0.1, -0.05) is 24.3 Å². The standard InChI is InChI=1S/C20H23N5O4/c1-15-7-8-16(13-18(15)25(28)29)22-20(27)21-14-19(26)24-11-9-23(10-12-24)17-5-3-2-4-6-17/h2-8,13H,9-12,14H2,1H3,(H2,21,22,27). The predicted octanol–water partition coefficient (Wildman–Crippen LogP) is 2.37. The Bertz CT molecular complexity index is 895. The Labute approximate surface area is 168 Å². The van der Waals surface area contributed by atoms with E-state index in [0.717, 1.165) is 18.8 Å². The molecule has 0 radical (unpaired) electrons. The quantitative estimate of drug-likeness (QED) is 0.595. The normalized spacial score (nSPS) is 13.7. The number of carbonyl (C=O) groups excluding carboxylic acids is 2. The van der Waals surface area contributed by atoms with Crippen molar-refractivity contribution < 1.29 is 14.5 Å². The van der Waals surface area contributed by atoms with Crippen molar-refractivity contribution in [2.24, 2.45) is 0 Å². The van der Waals surface area contributed by atoms with Gasteiger partial charge in [-0.3, -0.25) is 14.9 Å². The predicted molar refractivity (Wildman–Crippen MR) is 110 cm³/mol. The van der Waals surface area contributed by atoms with Gasteiger partial charge >= 0.3 is 6.03 Å². The van der Waals surface area contributed by atoms with Gasteiger partial charge in [0.15, 0.2) is 0 Å². The number of urea groups is 1. The van der Waals surface area contributed by atoms with Crippen LogP contribution in [0.2, 0.25) is 0 Å². The number of hydrogen-bond donors (Lipinski definition) is 2. The Hall–Kier alpha value is -3.62. The number of aryl methyl sites for hydroxylation is 1. The highest BCUT2D eigenvalue weighted by Gasteiger charge is 2.21. The Morgan fingerprint density at radius 1 is 1.07 bits per heavy atom. The Balaban J connectivity index is 1.45. The molecule has 2 N–H and O–H groups in total. The van der Waals surface area contributed by atoms with E-state index in [1.165, 1.54) is 6.07 Å². The van der Waals surface area contributed by atoms with Gasteiger partial charge in [0, 0.05) is 49.2 Å². The van der Waals surface area contributed by atoms with Crippen LogP contribution in [0.1, 0.15) is 5.56 Å². The molecule has 1 fully saturated rings. The third-order valence-electron chi connectivity index (χ3n) is 4.82. The summed E-state index contributed by atoms with van der Waals surface area (Å²) in [5.41, 5.74) is 1.86. The van der Waals surface area contributed by atoms with Gasteiger partial charge in [0.2, 0.25) is 5.91 Å². The number of nitro groups is 1. The molecule has 29 heavy (non-hydrogen) atoms. The zero-order valence-electron chi connectivity index (χ0n) is 16.1. The molecule has 1 heterocycles. The molecule has 2 aromatic rings. The van der Waals surface area contributed by atoms with E-state index in [0.29, 0.717) is 24.3 Å². The molecule has 9 heteroatoms. The van der Waals surface area contributed by atoms with E-state index in [-0.39, 0.29) is 18.1 Å². The Morgan fingerprint density at radius 2 is 1.76 bits per heavy atom. The second-order valence-corrected chi connectivity index (χ2v) is 6.77. The van der Waals surface area contributed by atoms with Gasteiger partial charge in [-0.2, -0.15) is 0 Å². The minimum absolute atomic E-state index is 0.0739. The second kappa shape index (κ2) is 9.05. The van der Waals surface area contributed by atoms with Crippen LogP contribution in [0.15, 0.2) is 48.5 Å². The van der Waals surface area contributed by atoms with Crippen molar-refractivity contribution in [3.05, 3.63) is 64.2 Å². The molecule has 0 aromatic heterocycles. The van der Waals surface area contributed by atoms with E-state index >= 15 is 0 Å². The highest BCUT2D eigenvalue weighted by molar-refractivity contribution is 5.92. The monoisotopic (exact) mass is 397 g/mol. The van der Waals surface area contributed by atoms with Crippen LogP contribution in [-0.2, 0) is 4.79 Å². The number of anilines is 2. The Kier molecular flexibility index (Phi) is 6.28. The lowest BCUT2D eigenvalue weighted by Gasteiger charge is -2.36. The maximum absolute atomic E-state index is 12.4. The summed E-state index contributed by atoms with van der Waals surface area (Å²) in [6, 6.07) is 13.9. The summed E-state index contributed by atoms with van der Waals surface area (Å²) in [5, 5.41) is 16.0. The van der Waals surface area contributed by atoms with Gasteiger partial charge < -0.3 is 20.4 Å². The number of rotatable bonds is 5. The topological polar surface area (TPSA) is 108 Å². The number of hydrogen-bond acceptors (Lipinski definition) is 5. The number of benzene rings is 2. The second-order valence-electron chi connectivity index (χ2n) is 6.77. The maximum atomic E-state index is 12.4. The highest BCUT2D eigenvalue weighted by Crippen LogP contribution is 2.22. The van der Waals surface area contributed by atoms with Gasteiger partial charge in [-0.25, -0.2) is 4.79 Å². The highest BCUT2D eigenvalue weighted by atomic mass is 16.6. The van der Waals surface area contributed by atoms with Crippen LogP contribution in [0, 0.1) is 17.0 Å². The number of nitro benzene ring substituents is 1. The van der Waals surface area contributed by atoms with Crippen LogP contribution in [-0.4, -0.2) is 54.5 Å². The molecule has 1 saturated heterocycles.